The van der Waals surface area contributed by atoms with E-state index in [4.69, 9.17) is 12.2 Å². The second-order valence-electron chi connectivity index (χ2n) is 5.99. The second kappa shape index (κ2) is 7.16. The molecule has 0 aliphatic carbocycles. The van der Waals surface area contributed by atoms with Gasteiger partial charge in [0.1, 0.15) is 0 Å². The largest absolute Gasteiger partial charge is 0.299 e. The van der Waals surface area contributed by atoms with Gasteiger partial charge in [-0.3, -0.25) is 4.90 Å². The van der Waals surface area contributed by atoms with Crippen LogP contribution in [-0.4, -0.2) is 29.4 Å². The van der Waals surface area contributed by atoms with Crippen molar-refractivity contribution in [1.29, 1.82) is 0 Å². The number of hydrogen-bond donors (Lipinski definition) is 0. The highest BCUT2D eigenvalue weighted by Gasteiger charge is 2.22. The van der Waals surface area contributed by atoms with Gasteiger partial charge in [0.25, 0.3) is 0 Å². The predicted octanol–water partition coefficient (Wildman–Crippen LogP) is 3.97. The highest BCUT2D eigenvalue weighted by molar-refractivity contribution is 7.80. The van der Waals surface area contributed by atoms with Gasteiger partial charge in [-0.15, -0.1) is 0 Å². The Morgan fingerprint density at radius 3 is 2.37 bits per heavy atom. The molecule has 0 radical (unpaired) electrons. The lowest BCUT2D eigenvalue weighted by Crippen LogP contribution is -2.33. The summed E-state index contributed by atoms with van der Waals surface area (Å²) in [6.45, 7) is 8.07. The predicted molar refractivity (Wildman–Crippen MR) is 86.7 cm³/mol. The van der Waals surface area contributed by atoms with Crippen LogP contribution in [0.15, 0.2) is 30.3 Å². The van der Waals surface area contributed by atoms with E-state index >= 15 is 0 Å². The first kappa shape index (κ1) is 14.7. The van der Waals surface area contributed by atoms with Crippen molar-refractivity contribution in [2.24, 2.45) is 11.8 Å². The van der Waals surface area contributed by atoms with Gasteiger partial charge in [0.05, 0.1) is 0 Å². The maximum absolute atomic E-state index is 5.75. The monoisotopic (exact) mass is 275 g/mol. The molecule has 0 N–H and O–H groups in total. The summed E-state index contributed by atoms with van der Waals surface area (Å²) < 4.78 is 0. The minimum Gasteiger partial charge on any atom is -0.299 e. The zero-order valence-corrected chi connectivity index (χ0v) is 13.0. The second-order valence-corrected chi connectivity index (χ2v) is 6.51. The first-order chi connectivity index (χ1) is 9.16. The zero-order chi connectivity index (χ0) is 13.7. The number of hydrogen-bond acceptors (Lipinski definition) is 2. The molecule has 0 amide bonds. The van der Waals surface area contributed by atoms with E-state index in [0.717, 1.165) is 13.0 Å². The van der Waals surface area contributed by atoms with Crippen LogP contribution in [0.25, 0.3) is 0 Å². The van der Waals surface area contributed by atoms with Gasteiger partial charge in [0.15, 0.2) is 0 Å². The fourth-order valence-corrected chi connectivity index (χ4v) is 3.41. The molecule has 1 aliphatic heterocycles. The van der Waals surface area contributed by atoms with Gasteiger partial charge in [0, 0.05) is 11.4 Å². The van der Waals surface area contributed by atoms with Crippen LogP contribution >= 0.6 is 12.2 Å². The highest BCUT2D eigenvalue weighted by Crippen LogP contribution is 2.21. The molecule has 0 aromatic heterocycles. The van der Waals surface area contributed by atoms with Crippen molar-refractivity contribution in [1.82, 2.24) is 4.90 Å². The lowest BCUT2D eigenvalue weighted by atomic mass is 9.86. The van der Waals surface area contributed by atoms with Crippen LogP contribution in [0.2, 0.25) is 0 Å². The Balaban J connectivity index is 1.96. The van der Waals surface area contributed by atoms with Crippen molar-refractivity contribution in [2.45, 2.75) is 33.1 Å². The number of rotatable bonds is 6. The van der Waals surface area contributed by atoms with E-state index in [2.05, 4.69) is 49.1 Å². The van der Waals surface area contributed by atoms with Gasteiger partial charge in [-0.25, -0.2) is 0 Å². The maximum Gasteiger partial charge on any atom is 0.0300 e. The fraction of sp³-hybridized carbons (Fsp3) is 0.588. The number of likely N-dealkylation sites (tertiary alicyclic amines) is 1. The summed E-state index contributed by atoms with van der Waals surface area (Å²) in [4.78, 5) is 3.77. The molecular weight excluding hydrogens is 250 g/mol. The van der Waals surface area contributed by atoms with Crippen molar-refractivity contribution in [3.63, 3.8) is 0 Å². The fourth-order valence-electron chi connectivity index (χ4n) is 2.87. The molecule has 104 valence electrons. The number of benzene rings is 1. The average Bonchev–Trinajstić information content (AvgIpc) is 2.89. The Labute approximate surface area is 123 Å². The van der Waals surface area contributed by atoms with Gasteiger partial charge in [0.2, 0.25) is 0 Å². The molecule has 1 saturated heterocycles. The molecule has 0 saturated carbocycles. The molecule has 1 aromatic carbocycles. The van der Waals surface area contributed by atoms with E-state index in [1.165, 1.54) is 36.4 Å². The molecular formula is C17H25NS. The number of nitrogens with zero attached hydrogens (tertiary/aromatic N) is 1. The van der Waals surface area contributed by atoms with Crippen LogP contribution in [0.4, 0.5) is 0 Å². The molecule has 1 atom stereocenters. The van der Waals surface area contributed by atoms with Crippen LogP contribution in [0.5, 0.6) is 0 Å². The maximum atomic E-state index is 5.75. The lowest BCUT2D eigenvalue weighted by Gasteiger charge is -2.25. The minimum absolute atomic E-state index is 0.526. The Hall–Kier alpha value is -0.730. The summed E-state index contributed by atoms with van der Waals surface area (Å²) in [7, 11) is 0. The van der Waals surface area contributed by atoms with Crippen molar-refractivity contribution in [2.75, 3.05) is 19.6 Å². The first-order valence-electron chi connectivity index (χ1n) is 7.46. The van der Waals surface area contributed by atoms with Gasteiger partial charge >= 0.3 is 0 Å². The van der Waals surface area contributed by atoms with Gasteiger partial charge in [-0.2, -0.15) is 0 Å². The molecule has 1 aliphatic rings. The molecule has 2 heteroatoms. The summed E-state index contributed by atoms with van der Waals surface area (Å²) in [6, 6.07) is 10.8. The van der Waals surface area contributed by atoms with E-state index < -0.39 is 0 Å². The molecule has 2 rings (SSSR count). The molecule has 1 nitrogen and oxygen atoms in total. The van der Waals surface area contributed by atoms with Crippen LogP contribution < -0.4 is 0 Å². The van der Waals surface area contributed by atoms with Crippen molar-refractivity contribution >= 4 is 17.1 Å². The Bertz CT molecular complexity index is 393. The normalized spacial score (nSPS) is 17.8. The quantitative estimate of drug-likeness (QED) is 0.723. The molecule has 1 fully saturated rings. The molecule has 1 heterocycles. The van der Waals surface area contributed by atoms with Crippen LogP contribution in [0.1, 0.15) is 32.3 Å². The van der Waals surface area contributed by atoms with E-state index in [-0.39, 0.29) is 0 Å². The minimum atomic E-state index is 0.526. The lowest BCUT2D eigenvalue weighted by molar-refractivity contribution is 0.376. The van der Waals surface area contributed by atoms with E-state index in [1.54, 1.807) is 0 Å². The third kappa shape index (κ3) is 4.39. The smallest absolute Gasteiger partial charge is 0.0300 e. The van der Waals surface area contributed by atoms with Gasteiger partial charge in [-0.1, -0.05) is 56.4 Å². The molecule has 1 aromatic rings. The Morgan fingerprint density at radius 1 is 1.16 bits per heavy atom. The summed E-state index contributed by atoms with van der Waals surface area (Å²) in [6.07, 6.45) is 3.77. The van der Waals surface area contributed by atoms with Crippen LogP contribution in [-0.2, 0) is 6.42 Å². The zero-order valence-electron chi connectivity index (χ0n) is 12.1. The van der Waals surface area contributed by atoms with Crippen molar-refractivity contribution in [3.8, 4) is 0 Å². The summed E-state index contributed by atoms with van der Waals surface area (Å²) in [5.41, 5.74) is 1.41. The van der Waals surface area contributed by atoms with E-state index in [1.807, 2.05) is 0 Å². The molecule has 0 unspecified atom stereocenters. The summed E-state index contributed by atoms with van der Waals surface area (Å²) >= 11 is 5.75. The molecule has 0 spiro atoms. The van der Waals surface area contributed by atoms with Gasteiger partial charge < -0.3 is 0 Å². The third-order valence-corrected chi connectivity index (χ3v) is 4.53. The molecule has 19 heavy (non-hydrogen) atoms. The average molecular weight is 275 g/mol. The molecule has 0 bridgehead atoms. The number of thiocarbonyl (C=S) groups is 1. The van der Waals surface area contributed by atoms with E-state index in [9.17, 15) is 0 Å². The van der Waals surface area contributed by atoms with Crippen LogP contribution in [0, 0.1) is 11.8 Å². The topological polar surface area (TPSA) is 3.24 Å². The highest BCUT2D eigenvalue weighted by atomic mass is 32.1. The first-order valence-corrected chi connectivity index (χ1v) is 7.86. The summed E-state index contributed by atoms with van der Waals surface area (Å²) in [5, 5.41) is 0. The van der Waals surface area contributed by atoms with Crippen LogP contribution in [0.3, 0.4) is 0 Å². The standard InChI is InChI=1S/C17H25NS/c1-14(2)16(12-15-8-4-3-5-9-15)17(19)13-18-10-6-7-11-18/h3-5,8-9,14,16H,6-7,10-13H2,1-2H3/t16-/m0/s1. The Kier molecular flexibility index (Phi) is 5.53. The summed E-state index contributed by atoms with van der Waals surface area (Å²) in [5.74, 6) is 1.15. The SMILES string of the molecule is CC(C)[C@H](Cc1ccccc1)C(=S)CN1CCCC1. The van der Waals surface area contributed by atoms with Crippen molar-refractivity contribution < 1.29 is 0 Å². The van der Waals surface area contributed by atoms with Crippen molar-refractivity contribution in [3.05, 3.63) is 35.9 Å². The van der Waals surface area contributed by atoms with Gasteiger partial charge in [-0.05, 0) is 49.8 Å². The Morgan fingerprint density at radius 2 is 1.79 bits per heavy atom. The third-order valence-electron chi connectivity index (χ3n) is 4.09. The van der Waals surface area contributed by atoms with E-state index in [0.29, 0.717) is 11.8 Å².